The van der Waals surface area contributed by atoms with Crippen LogP contribution in [0.1, 0.15) is 25.2 Å². The van der Waals surface area contributed by atoms with Crippen LogP contribution in [0.5, 0.6) is 11.6 Å². The minimum atomic E-state index is -2.53. The van der Waals surface area contributed by atoms with E-state index in [0.29, 0.717) is 44.8 Å². The van der Waals surface area contributed by atoms with E-state index in [4.69, 9.17) is 18.9 Å². The molecular weight excluding hydrogens is 640 g/mol. The molecule has 1 aromatic carbocycles. The SMILES string of the molecule is Cc1cc(=O)c2cc3c(c(-n4cc5cc[nH]c5c4)c2o1)OC(C)(C)C(OOCC(O)C(O)(Cn1c(O)cc2[nH]ccc21)C(O)C(O)CO)C3. The predicted octanol–water partition coefficient (Wildman–Crippen LogP) is 1.90. The van der Waals surface area contributed by atoms with Crippen LogP contribution in [-0.4, -0.2) is 98.6 Å². The van der Waals surface area contributed by atoms with Crippen molar-refractivity contribution in [2.24, 2.45) is 0 Å². The van der Waals surface area contributed by atoms with Crippen molar-refractivity contribution in [3.8, 4) is 17.3 Å². The van der Waals surface area contributed by atoms with E-state index in [0.717, 1.165) is 10.9 Å². The Bertz CT molecular complexity index is 2180. The number of aliphatic hydroxyl groups excluding tert-OH is 4. The Kier molecular flexibility index (Phi) is 8.10. The molecule has 260 valence electrons. The first-order chi connectivity index (χ1) is 23.3. The fraction of sp³-hybridized carbons (Fsp3) is 0.382. The Hall–Kier alpha value is -4.61. The van der Waals surface area contributed by atoms with Crippen LogP contribution in [-0.2, 0) is 22.7 Å². The highest BCUT2D eigenvalue weighted by Crippen LogP contribution is 2.43. The van der Waals surface area contributed by atoms with E-state index in [1.165, 1.54) is 16.7 Å². The monoisotopic (exact) mass is 678 g/mol. The average molecular weight is 679 g/mol. The highest BCUT2D eigenvalue weighted by Gasteiger charge is 2.48. The van der Waals surface area contributed by atoms with Crippen molar-refractivity contribution in [1.29, 1.82) is 0 Å². The second kappa shape index (κ2) is 12.1. The molecule has 15 nitrogen and oxygen atoms in total. The highest BCUT2D eigenvalue weighted by molar-refractivity contribution is 5.91. The zero-order chi connectivity index (χ0) is 34.8. The third-order valence-electron chi connectivity index (χ3n) is 9.37. The average Bonchev–Trinajstić information content (AvgIpc) is 3.83. The molecule has 0 radical (unpaired) electrons. The van der Waals surface area contributed by atoms with Gasteiger partial charge in [-0.2, -0.15) is 0 Å². The molecule has 0 saturated carbocycles. The molecule has 49 heavy (non-hydrogen) atoms. The van der Waals surface area contributed by atoms with Crippen LogP contribution < -0.4 is 10.2 Å². The molecule has 5 unspecified atom stereocenters. The predicted molar refractivity (Wildman–Crippen MR) is 176 cm³/mol. The maximum absolute atomic E-state index is 13.2. The van der Waals surface area contributed by atoms with Crippen molar-refractivity contribution in [2.75, 3.05) is 13.2 Å². The van der Waals surface area contributed by atoms with Gasteiger partial charge in [-0.3, -0.25) is 4.79 Å². The summed E-state index contributed by atoms with van der Waals surface area (Å²) >= 11 is 0. The van der Waals surface area contributed by atoms with Crippen LogP contribution in [0.2, 0.25) is 0 Å². The number of fused-ring (bicyclic) bond motifs is 4. The van der Waals surface area contributed by atoms with E-state index >= 15 is 0 Å². The molecular formula is C34H38N4O11. The smallest absolute Gasteiger partial charge is 0.193 e. The van der Waals surface area contributed by atoms with Crippen LogP contribution in [0, 0.1) is 6.92 Å². The fourth-order valence-corrected chi connectivity index (χ4v) is 6.56. The number of aryl methyl sites for hydroxylation is 1. The highest BCUT2D eigenvalue weighted by atomic mass is 17.2. The molecule has 1 aliphatic rings. The number of aromatic hydroxyl groups is 1. The Morgan fingerprint density at radius 1 is 1.10 bits per heavy atom. The number of aromatic amines is 2. The molecule has 1 aliphatic heterocycles. The number of hydrogen-bond acceptors (Lipinski definition) is 11. The standard InChI is InChI=1S/C34H38N4O11/c1-17-8-24(40)20-9-19-10-27(33(2,3)48-30(19)29(31(20)47-17)37-12-18-4-6-36-22(18)13-37)49-46-15-26(42)34(45,32(44)25(41)14-39)16-38-23-5-7-35-21(23)11-28(38)43/h4-9,11-13,25-27,32,35-36,39,41-45H,10,14-16H2,1-3H3. The van der Waals surface area contributed by atoms with Gasteiger partial charge in [0.05, 0.1) is 35.1 Å². The largest absolute Gasteiger partial charge is 0.494 e. The molecule has 0 bridgehead atoms. The van der Waals surface area contributed by atoms with Gasteiger partial charge >= 0.3 is 0 Å². The number of hydrogen-bond donors (Lipinski definition) is 8. The number of rotatable bonds is 11. The fourth-order valence-electron chi connectivity index (χ4n) is 6.56. The summed E-state index contributed by atoms with van der Waals surface area (Å²) in [6.45, 7) is 3.10. The van der Waals surface area contributed by atoms with E-state index in [1.807, 2.05) is 29.2 Å². The van der Waals surface area contributed by atoms with Gasteiger partial charge in [-0.15, -0.1) is 0 Å². The topological polar surface area (TPSA) is 221 Å². The summed E-state index contributed by atoms with van der Waals surface area (Å²) in [6, 6.07) is 8.07. The molecule has 0 aliphatic carbocycles. The first kappa shape index (κ1) is 32.9. The third-order valence-corrected chi connectivity index (χ3v) is 9.37. The van der Waals surface area contributed by atoms with Crippen LogP contribution in [0.3, 0.4) is 0 Å². The molecule has 7 rings (SSSR count). The zero-order valence-corrected chi connectivity index (χ0v) is 27.0. The van der Waals surface area contributed by atoms with Gasteiger partial charge in [-0.25, -0.2) is 9.78 Å². The molecule has 0 saturated heterocycles. The van der Waals surface area contributed by atoms with Crippen LogP contribution in [0.15, 0.2) is 64.3 Å². The third kappa shape index (κ3) is 5.58. The number of nitrogens with one attached hydrogen (secondary N) is 2. The van der Waals surface area contributed by atoms with Crippen molar-refractivity contribution in [3.05, 3.63) is 76.7 Å². The maximum Gasteiger partial charge on any atom is 0.193 e. The number of aliphatic hydroxyl groups is 5. The number of benzene rings is 1. The summed E-state index contributed by atoms with van der Waals surface area (Å²) in [4.78, 5) is 30.5. The van der Waals surface area contributed by atoms with Crippen LogP contribution in [0.25, 0.3) is 38.6 Å². The van der Waals surface area contributed by atoms with Crippen molar-refractivity contribution in [2.45, 2.75) is 69.4 Å². The van der Waals surface area contributed by atoms with Crippen molar-refractivity contribution in [1.82, 2.24) is 19.1 Å². The van der Waals surface area contributed by atoms with Gasteiger partial charge < -0.3 is 58.9 Å². The molecule has 6 aromatic rings. The van der Waals surface area contributed by atoms with Gasteiger partial charge in [0.2, 0.25) is 0 Å². The summed E-state index contributed by atoms with van der Waals surface area (Å²) in [7, 11) is 0. The lowest BCUT2D eigenvalue weighted by molar-refractivity contribution is -0.363. The molecule has 0 spiro atoms. The van der Waals surface area contributed by atoms with Gasteiger partial charge in [0.25, 0.3) is 0 Å². The molecule has 5 aromatic heterocycles. The van der Waals surface area contributed by atoms with Gasteiger partial charge in [0.15, 0.2) is 22.6 Å². The molecule has 15 heteroatoms. The van der Waals surface area contributed by atoms with E-state index in [1.54, 1.807) is 39.1 Å². The Morgan fingerprint density at radius 3 is 2.61 bits per heavy atom. The van der Waals surface area contributed by atoms with Gasteiger partial charge in [-0.1, -0.05) is 0 Å². The summed E-state index contributed by atoms with van der Waals surface area (Å²) in [5, 5.41) is 65.2. The second-order valence-corrected chi connectivity index (χ2v) is 13.2. The Labute approximate surface area is 278 Å². The Morgan fingerprint density at radius 2 is 1.86 bits per heavy atom. The van der Waals surface area contributed by atoms with Gasteiger partial charge in [-0.05, 0) is 39.0 Å². The minimum Gasteiger partial charge on any atom is -0.494 e. The number of aromatic nitrogens is 4. The van der Waals surface area contributed by atoms with E-state index in [-0.39, 0.29) is 17.7 Å². The molecule has 6 heterocycles. The van der Waals surface area contributed by atoms with E-state index in [2.05, 4.69) is 9.97 Å². The quantitative estimate of drug-likeness (QED) is 0.0730. The minimum absolute atomic E-state index is 0.215. The summed E-state index contributed by atoms with van der Waals surface area (Å²) < 4.78 is 15.8. The van der Waals surface area contributed by atoms with Crippen molar-refractivity contribution < 1.29 is 49.6 Å². The normalized spacial score (nSPS) is 19.1. The van der Waals surface area contributed by atoms with Crippen molar-refractivity contribution in [3.63, 3.8) is 0 Å². The zero-order valence-electron chi connectivity index (χ0n) is 27.0. The molecule has 5 atom stereocenters. The summed E-state index contributed by atoms with van der Waals surface area (Å²) in [6.07, 6.45) is 0.876. The second-order valence-electron chi connectivity index (χ2n) is 13.2. The van der Waals surface area contributed by atoms with Crippen LogP contribution in [0.4, 0.5) is 0 Å². The van der Waals surface area contributed by atoms with Gasteiger partial charge in [0.1, 0.15) is 53.7 Å². The molecule has 0 fully saturated rings. The first-order valence-electron chi connectivity index (χ1n) is 15.8. The van der Waals surface area contributed by atoms with E-state index < -0.39 is 55.4 Å². The van der Waals surface area contributed by atoms with Crippen LogP contribution >= 0.6 is 0 Å². The number of nitrogens with zero attached hydrogens (tertiary/aromatic N) is 2. The number of ether oxygens (including phenoxy) is 1. The number of H-pyrrole nitrogens is 2. The van der Waals surface area contributed by atoms with Gasteiger partial charge in [0, 0.05) is 54.3 Å². The Balaban J connectivity index is 1.16. The first-order valence-corrected chi connectivity index (χ1v) is 15.8. The summed E-state index contributed by atoms with van der Waals surface area (Å²) in [5.74, 6) is 0.658. The molecule has 8 N–H and O–H groups in total. The van der Waals surface area contributed by atoms with E-state index in [9.17, 15) is 35.4 Å². The molecule has 0 amide bonds. The summed E-state index contributed by atoms with van der Waals surface area (Å²) in [5.41, 5.74) is -0.363. The van der Waals surface area contributed by atoms with Crippen molar-refractivity contribution >= 4 is 32.9 Å². The lowest BCUT2D eigenvalue weighted by Crippen LogP contribution is -2.61. The lowest BCUT2D eigenvalue weighted by Gasteiger charge is -2.41. The maximum atomic E-state index is 13.2. The lowest BCUT2D eigenvalue weighted by atomic mass is 9.87.